The lowest BCUT2D eigenvalue weighted by Gasteiger charge is -2.24. The van der Waals surface area contributed by atoms with Gasteiger partial charge in [0.1, 0.15) is 0 Å². The average molecular weight is 298 g/mol. The van der Waals surface area contributed by atoms with E-state index < -0.39 is 5.97 Å². The molecule has 1 aliphatic rings. The molecule has 1 rings (SSSR count). The molecule has 0 heterocycles. The lowest BCUT2D eigenvalue weighted by Crippen LogP contribution is -2.42. The molecule has 2 N–H and O–H groups in total. The van der Waals surface area contributed by atoms with Gasteiger partial charge in [-0.1, -0.05) is 20.8 Å². The van der Waals surface area contributed by atoms with Crippen LogP contribution >= 0.6 is 0 Å². The van der Waals surface area contributed by atoms with E-state index in [9.17, 15) is 9.59 Å². The minimum Gasteiger partial charge on any atom is -0.481 e. The van der Waals surface area contributed by atoms with Gasteiger partial charge in [0.15, 0.2) is 0 Å². The Morgan fingerprint density at radius 1 is 1.29 bits per heavy atom. The first-order valence-corrected chi connectivity index (χ1v) is 8.22. The molecule has 0 aliphatic heterocycles. The van der Waals surface area contributed by atoms with E-state index in [1.54, 1.807) is 0 Å². The van der Waals surface area contributed by atoms with Gasteiger partial charge in [-0.05, 0) is 43.9 Å². The first-order valence-electron chi connectivity index (χ1n) is 8.22. The Morgan fingerprint density at radius 3 is 2.43 bits per heavy atom. The van der Waals surface area contributed by atoms with Gasteiger partial charge >= 0.3 is 12.0 Å². The van der Waals surface area contributed by atoms with Gasteiger partial charge < -0.3 is 15.3 Å². The minimum atomic E-state index is -0.743. The Balaban J connectivity index is 2.31. The van der Waals surface area contributed by atoms with Crippen LogP contribution in [-0.2, 0) is 4.79 Å². The second-order valence-corrected chi connectivity index (χ2v) is 6.38. The first kappa shape index (κ1) is 17.8. The topological polar surface area (TPSA) is 69.6 Å². The summed E-state index contributed by atoms with van der Waals surface area (Å²) in [4.78, 5) is 24.8. The predicted octanol–water partition coefficient (Wildman–Crippen LogP) is 3.10. The fraction of sp³-hybridized carbons (Fsp3) is 0.875. The zero-order valence-corrected chi connectivity index (χ0v) is 13.6. The van der Waals surface area contributed by atoms with Crippen LogP contribution < -0.4 is 5.32 Å². The van der Waals surface area contributed by atoms with Gasteiger partial charge in [-0.25, -0.2) is 4.79 Å². The van der Waals surface area contributed by atoms with Crippen LogP contribution in [0.5, 0.6) is 0 Å². The Hall–Kier alpha value is -1.26. The van der Waals surface area contributed by atoms with Crippen LogP contribution in [0.2, 0.25) is 0 Å². The lowest BCUT2D eigenvalue weighted by atomic mass is 9.88. The number of hydrogen-bond donors (Lipinski definition) is 2. The quantitative estimate of drug-likeness (QED) is 0.651. The highest BCUT2D eigenvalue weighted by molar-refractivity contribution is 5.74. The molecule has 2 amide bonds. The summed E-state index contributed by atoms with van der Waals surface area (Å²) in [6.07, 6.45) is 4.98. The standard InChI is InChI=1S/C16H30N2O3/c1-4-11-18(14-6-7-14)16(21)17-10-9-13(12(2)3)5-8-15(19)20/h12-14H,4-11H2,1-3H3,(H,17,21)(H,19,20). The number of urea groups is 1. The van der Waals surface area contributed by atoms with Crippen LogP contribution in [0, 0.1) is 11.8 Å². The fourth-order valence-corrected chi connectivity index (χ4v) is 2.66. The van der Waals surface area contributed by atoms with Crippen LogP contribution in [0.15, 0.2) is 0 Å². The van der Waals surface area contributed by atoms with E-state index in [0.717, 1.165) is 32.2 Å². The molecular weight excluding hydrogens is 268 g/mol. The molecular formula is C16H30N2O3. The number of carboxylic acid groups (broad SMARTS) is 1. The summed E-state index contributed by atoms with van der Waals surface area (Å²) in [5.74, 6) is 0.0471. The van der Waals surface area contributed by atoms with Crippen molar-refractivity contribution in [2.24, 2.45) is 11.8 Å². The van der Waals surface area contributed by atoms with E-state index in [4.69, 9.17) is 5.11 Å². The van der Waals surface area contributed by atoms with Gasteiger partial charge in [-0.2, -0.15) is 0 Å². The average Bonchev–Trinajstić information content (AvgIpc) is 3.23. The maximum atomic E-state index is 12.2. The summed E-state index contributed by atoms with van der Waals surface area (Å²) < 4.78 is 0. The number of hydrogen-bond acceptors (Lipinski definition) is 2. The van der Waals surface area contributed by atoms with Crippen molar-refractivity contribution in [3.05, 3.63) is 0 Å². The number of aliphatic carboxylic acids is 1. The van der Waals surface area contributed by atoms with Crippen LogP contribution in [0.1, 0.15) is 59.3 Å². The second kappa shape index (κ2) is 8.90. The molecule has 0 aromatic carbocycles. The maximum absolute atomic E-state index is 12.2. The fourth-order valence-electron chi connectivity index (χ4n) is 2.66. The van der Waals surface area contributed by atoms with Crippen molar-refractivity contribution >= 4 is 12.0 Å². The van der Waals surface area contributed by atoms with E-state index in [-0.39, 0.29) is 12.5 Å². The second-order valence-electron chi connectivity index (χ2n) is 6.38. The van der Waals surface area contributed by atoms with E-state index in [1.807, 2.05) is 4.90 Å². The van der Waals surface area contributed by atoms with E-state index in [0.29, 0.717) is 30.8 Å². The van der Waals surface area contributed by atoms with Crippen LogP contribution in [0.3, 0.4) is 0 Å². The SMILES string of the molecule is CCCN(C(=O)NCCC(CCC(=O)O)C(C)C)C1CC1. The number of nitrogens with zero attached hydrogens (tertiary/aromatic N) is 1. The molecule has 21 heavy (non-hydrogen) atoms. The lowest BCUT2D eigenvalue weighted by molar-refractivity contribution is -0.137. The Morgan fingerprint density at radius 2 is 1.95 bits per heavy atom. The van der Waals surface area contributed by atoms with Crippen molar-refractivity contribution in [2.45, 2.75) is 65.3 Å². The number of carbonyl (C=O) groups is 2. The largest absolute Gasteiger partial charge is 0.481 e. The maximum Gasteiger partial charge on any atom is 0.317 e. The van der Waals surface area contributed by atoms with Gasteiger partial charge in [0, 0.05) is 25.6 Å². The molecule has 1 atom stereocenters. The highest BCUT2D eigenvalue weighted by atomic mass is 16.4. The Kier molecular flexibility index (Phi) is 7.54. The molecule has 1 saturated carbocycles. The normalized spacial score (nSPS) is 15.8. The van der Waals surface area contributed by atoms with Crippen molar-refractivity contribution < 1.29 is 14.7 Å². The molecule has 5 nitrogen and oxygen atoms in total. The highest BCUT2D eigenvalue weighted by Gasteiger charge is 2.31. The molecule has 0 aromatic rings. The third kappa shape index (κ3) is 6.82. The Bertz CT molecular complexity index is 340. The van der Waals surface area contributed by atoms with Crippen molar-refractivity contribution in [1.82, 2.24) is 10.2 Å². The summed E-state index contributed by atoms with van der Waals surface area (Å²) >= 11 is 0. The van der Waals surface area contributed by atoms with Crippen molar-refractivity contribution in [2.75, 3.05) is 13.1 Å². The third-order valence-electron chi connectivity index (χ3n) is 4.18. The predicted molar refractivity (Wildman–Crippen MR) is 83.2 cm³/mol. The molecule has 0 bridgehead atoms. The van der Waals surface area contributed by atoms with Gasteiger partial charge in [-0.3, -0.25) is 4.79 Å². The smallest absolute Gasteiger partial charge is 0.317 e. The Labute approximate surface area is 128 Å². The third-order valence-corrected chi connectivity index (χ3v) is 4.18. The van der Waals surface area contributed by atoms with Crippen LogP contribution in [-0.4, -0.2) is 41.1 Å². The summed E-state index contributed by atoms with van der Waals surface area (Å²) in [5, 5.41) is 11.8. The molecule has 0 spiro atoms. The number of carboxylic acids is 1. The van der Waals surface area contributed by atoms with E-state index in [1.165, 1.54) is 0 Å². The zero-order valence-electron chi connectivity index (χ0n) is 13.6. The molecule has 0 saturated heterocycles. The molecule has 0 aromatic heterocycles. The van der Waals surface area contributed by atoms with Crippen LogP contribution in [0.25, 0.3) is 0 Å². The van der Waals surface area contributed by atoms with Gasteiger partial charge in [0.05, 0.1) is 0 Å². The first-order chi connectivity index (χ1) is 9.95. The van der Waals surface area contributed by atoms with Crippen molar-refractivity contribution in [3.8, 4) is 0 Å². The molecule has 1 fully saturated rings. The van der Waals surface area contributed by atoms with Crippen LogP contribution in [0.4, 0.5) is 4.79 Å². The molecule has 0 radical (unpaired) electrons. The molecule has 5 heteroatoms. The number of nitrogens with one attached hydrogen (secondary N) is 1. The van der Waals surface area contributed by atoms with Crippen molar-refractivity contribution in [3.63, 3.8) is 0 Å². The van der Waals surface area contributed by atoms with E-state index >= 15 is 0 Å². The van der Waals surface area contributed by atoms with Crippen molar-refractivity contribution in [1.29, 1.82) is 0 Å². The highest BCUT2D eigenvalue weighted by Crippen LogP contribution is 2.27. The van der Waals surface area contributed by atoms with Gasteiger partial charge in [0.25, 0.3) is 0 Å². The summed E-state index contributed by atoms with van der Waals surface area (Å²) in [6.45, 7) is 7.77. The summed E-state index contributed by atoms with van der Waals surface area (Å²) in [7, 11) is 0. The molecule has 1 aliphatic carbocycles. The summed E-state index contributed by atoms with van der Waals surface area (Å²) in [6, 6.07) is 0.484. The minimum absolute atomic E-state index is 0.0418. The number of carbonyl (C=O) groups excluding carboxylic acids is 1. The molecule has 122 valence electrons. The zero-order chi connectivity index (χ0) is 15.8. The van der Waals surface area contributed by atoms with Gasteiger partial charge in [-0.15, -0.1) is 0 Å². The number of amides is 2. The van der Waals surface area contributed by atoms with E-state index in [2.05, 4.69) is 26.1 Å². The molecule has 1 unspecified atom stereocenters. The summed E-state index contributed by atoms with van der Waals surface area (Å²) in [5.41, 5.74) is 0. The van der Waals surface area contributed by atoms with Gasteiger partial charge in [0.2, 0.25) is 0 Å². The number of rotatable bonds is 10. The monoisotopic (exact) mass is 298 g/mol.